The highest BCUT2D eigenvalue weighted by Crippen LogP contribution is 2.34. The molecule has 120 valence electrons. The predicted molar refractivity (Wildman–Crippen MR) is 72.1 cm³/mol. The van der Waals surface area contributed by atoms with Crippen LogP contribution in [0.1, 0.15) is 6.23 Å². The summed E-state index contributed by atoms with van der Waals surface area (Å²) in [6.45, 7) is -0.486. The van der Waals surface area contributed by atoms with Crippen molar-refractivity contribution in [3.05, 3.63) is 10.4 Å². The van der Waals surface area contributed by atoms with Crippen LogP contribution >= 0.6 is 0 Å². The van der Waals surface area contributed by atoms with Gasteiger partial charge in [0.25, 0.3) is 5.56 Å². The zero-order valence-corrected chi connectivity index (χ0v) is 11.5. The van der Waals surface area contributed by atoms with Crippen LogP contribution in [0.4, 0.5) is 5.95 Å². The van der Waals surface area contributed by atoms with E-state index < -0.39 is 36.7 Å². The maximum atomic E-state index is 11.9. The number of nitrogens with one attached hydrogen (secondary N) is 1. The van der Waals surface area contributed by atoms with E-state index in [1.807, 2.05) is 0 Å². The van der Waals surface area contributed by atoms with Crippen molar-refractivity contribution in [2.45, 2.75) is 24.5 Å². The molecular weight excluding hydrogens is 298 g/mol. The van der Waals surface area contributed by atoms with E-state index in [0.717, 1.165) is 0 Å². The summed E-state index contributed by atoms with van der Waals surface area (Å²) in [4.78, 5) is 22.1. The van der Waals surface area contributed by atoms with Crippen LogP contribution in [-0.4, -0.2) is 66.9 Å². The van der Waals surface area contributed by atoms with Gasteiger partial charge in [0.05, 0.1) is 13.7 Å². The van der Waals surface area contributed by atoms with E-state index in [-0.39, 0.29) is 23.1 Å². The molecular formula is C11H15N5O6. The number of imidazole rings is 1. The van der Waals surface area contributed by atoms with E-state index >= 15 is 0 Å². The van der Waals surface area contributed by atoms with Gasteiger partial charge < -0.3 is 30.5 Å². The number of rotatable bonds is 3. The lowest BCUT2D eigenvalue weighted by atomic mass is 10.1. The molecule has 6 N–H and O–H groups in total. The average Bonchev–Trinajstić information content (AvgIpc) is 2.98. The quantitative estimate of drug-likeness (QED) is 0.405. The molecule has 0 amide bonds. The van der Waals surface area contributed by atoms with Crippen molar-refractivity contribution in [2.75, 3.05) is 19.5 Å². The van der Waals surface area contributed by atoms with E-state index in [9.17, 15) is 15.0 Å². The summed E-state index contributed by atoms with van der Waals surface area (Å²) < 4.78 is 11.7. The molecule has 22 heavy (non-hydrogen) atoms. The van der Waals surface area contributed by atoms with Gasteiger partial charge in [0.15, 0.2) is 17.4 Å². The number of aliphatic hydroxyl groups is 3. The number of fused-ring (bicyclic) bond motifs is 1. The SMILES string of the molecule is COc1nc2c(=O)[nH]c(N)nc2n1C1OC(CO)C(O)C1O. The zero-order chi connectivity index (χ0) is 16.0. The first-order valence-corrected chi connectivity index (χ1v) is 6.42. The summed E-state index contributed by atoms with van der Waals surface area (Å²) in [6, 6.07) is -0.0477. The number of aromatic amines is 1. The van der Waals surface area contributed by atoms with Crippen molar-refractivity contribution >= 4 is 17.1 Å². The van der Waals surface area contributed by atoms with Crippen LogP contribution < -0.4 is 16.0 Å². The number of nitrogens with two attached hydrogens (primary N) is 1. The Kier molecular flexibility index (Phi) is 3.48. The van der Waals surface area contributed by atoms with E-state index in [1.54, 1.807) is 0 Å². The zero-order valence-electron chi connectivity index (χ0n) is 11.5. The van der Waals surface area contributed by atoms with Gasteiger partial charge >= 0.3 is 6.01 Å². The molecule has 4 unspecified atom stereocenters. The van der Waals surface area contributed by atoms with Crippen LogP contribution in [0.3, 0.4) is 0 Å². The summed E-state index contributed by atoms with van der Waals surface area (Å²) in [6.07, 6.45) is -4.80. The van der Waals surface area contributed by atoms with E-state index in [4.69, 9.17) is 20.3 Å². The molecule has 0 radical (unpaired) electrons. The molecule has 0 spiro atoms. The van der Waals surface area contributed by atoms with Crippen LogP contribution in [0, 0.1) is 0 Å². The van der Waals surface area contributed by atoms with Crippen molar-refractivity contribution in [2.24, 2.45) is 0 Å². The Morgan fingerprint density at radius 1 is 1.41 bits per heavy atom. The fourth-order valence-electron chi connectivity index (χ4n) is 2.45. The molecule has 0 aromatic carbocycles. The van der Waals surface area contributed by atoms with Crippen molar-refractivity contribution in [3.63, 3.8) is 0 Å². The topological polar surface area (TPSA) is 169 Å². The smallest absolute Gasteiger partial charge is 0.300 e. The van der Waals surface area contributed by atoms with Gasteiger partial charge in [-0.3, -0.25) is 9.78 Å². The van der Waals surface area contributed by atoms with Gasteiger partial charge in [-0.05, 0) is 0 Å². The number of methoxy groups -OCH3 is 1. The van der Waals surface area contributed by atoms with Crippen LogP contribution in [0.2, 0.25) is 0 Å². The average molecular weight is 313 g/mol. The fraction of sp³-hybridized carbons (Fsp3) is 0.545. The third kappa shape index (κ3) is 2.02. The number of hydrogen-bond acceptors (Lipinski definition) is 9. The van der Waals surface area contributed by atoms with Crippen LogP contribution in [-0.2, 0) is 4.74 Å². The van der Waals surface area contributed by atoms with Crippen LogP contribution in [0.5, 0.6) is 6.01 Å². The lowest BCUT2D eigenvalue weighted by Crippen LogP contribution is -2.33. The third-order valence-electron chi connectivity index (χ3n) is 3.49. The van der Waals surface area contributed by atoms with Gasteiger partial charge in [-0.15, -0.1) is 0 Å². The molecule has 0 saturated carbocycles. The molecule has 3 heterocycles. The Morgan fingerprint density at radius 3 is 2.73 bits per heavy atom. The van der Waals surface area contributed by atoms with Crippen molar-refractivity contribution in [3.8, 4) is 6.01 Å². The number of H-pyrrole nitrogens is 1. The Balaban J connectivity index is 2.20. The lowest BCUT2D eigenvalue weighted by Gasteiger charge is -2.18. The molecule has 0 aliphatic carbocycles. The summed E-state index contributed by atoms with van der Waals surface area (Å²) in [7, 11) is 1.32. The molecule has 4 atom stereocenters. The summed E-state index contributed by atoms with van der Waals surface area (Å²) >= 11 is 0. The van der Waals surface area contributed by atoms with E-state index in [0.29, 0.717) is 0 Å². The van der Waals surface area contributed by atoms with Crippen molar-refractivity contribution in [1.29, 1.82) is 0 Å². The highest BCUT2D eigenvalue weighted by Gasteiger charge is 2.45. The molecule has 1 fully saturated rings. The van der Waals surface area contributed by atoms with Crippen LogP contribution in [0.15, 0.2) is 4.79 Å². The lowest BCUT2D eigenvalue weighted by molar-refractivity contribution is -0.0537. The van der Waals surface area contributed by atoms with E-state index in [1.165, 1.54) is 11.7 Å². The second-order valence-electron chi connectivity index (χ2n) is 4.82. The summed E-state index contributed by atoms with van der Waals surface area (Å²) in [5.41, 5.74) is 4.92. The molecule has 1 aliphatic rings. The minimum atomic E-state index is -1.37. The van der Waals surface area contributed by atoms with E-state index in [2.05, 4.69) is 15.0 Å². The predicted octanol–water partition coefficient (Wildman–Crippen LogP) is -2.68. The first kappa shape index (κ1) is 14.7. The molecule has 1 saturated heterocycles. The minimum absolute atomic E-state index is 0.0351. The fourth-order valence-corrected chi connectivity index (χ4v) is 2.45. The Hall–Kier alpha value is -2.21. The molecule has 3 rings (SSSR count). The van der Waals surface area contributed by atoms with Gasteiger partial charge in [0.2, 0.25) is 5.95 Å². The summed E-state index contributed by atoms with van der Waals surface area (Å²) in [5, 5.41) is 29.1. The van der Waals surface area contributed by atoms with Gasteiger partial charge in [-0.25, -0.2) is 4.57 Å². The maximum Gasteiger partial charge on any atom is 0.300 e. The van der Waals surface area contributed by atoms with Crippen LogP contribution in [0.25, 0.3) is 11.2 Å². The number of nitrogens with zero attached hydrogens (tertiary/aromatic N) is 3. The Morgan fingerprint density at radius 2 is 2.14 bits per heavy atom. The summed E-state index contributed by atoms with van der Waals surface area (Å²) in [5.74, 6) is -0.145. The van der Waals surface area contributed by atoms with Gasteiger partial charge in [0.1, 0.15) is 18.3 Å². The van der Waals surface area contributed by atoms with Gasteiger partial charge in [-0.1, -0.05) is 0 Å². The first-order chi connectivity index (χ1) is 10.5. The first-order valence-electron chi connectivity index (χ1n) is 6.42. The van der Waals surface area contributed by atoms with Crippen molar-refractivity contribution < 1.29 is 24.8 Å². The third-order valence-corrected chi connectivity index (χ3v) is 3.49. The number of ether oxygens (including phenoxy) is 2. The van der Waals surface area contributed by atoms with Crippen molar-refractivity contribution in [1.82, 2.24) is 19.5 Å². The second-order valence-corrected chi connectivity index (χ2v) is 4.82. The Labute approximate surface area is 122 Å². The van der Waals surface area contributed by atoms with Gasteiger partial charge in [0, 0.05) is 0 Å². The minimum Gasteiger partial charge on any atom is -0.468 e. The molecule has 1 aliphatic heterocycles. The molecule has 0 bridgehead atoms. The monoisotopic (exact) mass is 313 g/mol. The Bertz CT molecular complexity index is 757. The molecule has 11 nitrogen and oxygen atoms in total. The molecule has 11 heteroatoms. The standard InChI is InChI=1S/C11H15N5O6/c1-21-11-13-4-7(14-10(12)15-8(4)20)16(11)9-6(19)5(18)3(2-17)22-9/h3,5-6,9,17-19H,2H2,1H3,(H3,12,14,15,20). The highest BCUT2D eigenvalue weighted by molar-refractivity contribution is 5.72. The number of hydrogen-bond donors (Lipinski definition) is 5. The largest absolute Gasteiger partial charge is 0.468 e. The maximum absolute atomic E-state index is 11.9. The van der Waals surface area contributed by atoms with Gasteiger partial charge in [-0.2, -0.15) is 9.97 Å². The normalized spacial score (nSPS) is 28.4. The number of anilines is 1. The molecule has 2 aromatic heterocycles. The number of nitrogen functional groups attached to an aromatic ring is 1. The highest BCUT2D eigenvalue weighted by atomic mass is 16.6. The second kappa shape index (κ2) is 5.21. The molecule has 2 aromatic rings. The number of aliphatic hydroxyl groups excluding tert-OH is 3. The number of aromatic nitrogens is 4.